The third kappa shape index (κ3) is 3.39. The van der Waals surface area contributed by atoms with Gasteiger partial charge in [-0.05, 0) is 29.3 Å². The second-order valence-corrected chi connectivity index (χ2v) is 3.07. The van der Waals surface area contributed by atoms with Crippen LogP contribution >= 0.6 is 11.6 Å². The highest BCUT2D eigenvalue weighted by Gasteiger charge is 1.92. The van der Waals surface area contributed by atoms with Crippen LogP contribution < -0.4 is 5.73 Å². The molecule has 1 rings (SSSR count). The van der Waals surface area contributed by atoms with Gasteiger partial charge in [-0.25, -0.2) is 0 Å². The van der Waals surface area contributed by atoms with Gasteiger partial charge >= 0.3 is 0 Å². The Morgan fingerprint density at radius 2 is 2.29 bits per heavy atom. The molecule has 72 valence electrons. The summed E-state index contributed by atoms with van der Waals surface area (Å²) in [7, 11) is 0. The third-order valence-corrected chi connectivity index (χ3v) is 1.72. The number of nitrogens with zero attached hydrogens (tertiary/aromatic N) is 3. The topological polar surface area (TPSA) is 74.8 Å². The van der Waals surface area contributed by atoms with E-state index in [1.54, 1.807) is 30.4 Å². The molecule has 1 aromatic carbocycles. The van der Waals surface area contributed by atoms with Gasteiger partial charge in [0.15, 0.2) is 0 Å². The largest absolute Gasteiger partial charge is 0.399 e. The molecule has 0 saturated carbocycles. The minimum Gasteiger partial charge on any atom is -0.399 e. The monoisotopic (exact) mass is 208 g/mol. The SMILES string of the molecule is [N-]=[N+]=NCC=Cc1cc(N)cc(Cl)c1. The lowest BCUT2D eigenvalue weighted by atomic mass is 10.2. The third-order valence-electron chi connectivity index (χ3n) is 1.50. The highest BCUT2D eigenvalue weighted by molar-refractivity contribution is 6.31. The summed E-state index contributed by atoms with van der Waals surface area (Å²) in [4.78, 5) is 2.62. The number of benzene rings is 1. The minimum atomic E-state index is 0.322. The Balaban J connectivity index is 2.75. The van der Waals surface area contributed by atoms with Gasteiger partial charge in [-0.1, -0.05) is 28.9 Å². The highest BCUT2D eigenvalue weighted by Crippen LogP contribution is 2.17. The van der Waals surface area contributed by atoms with Crippen molar-refractivity contribution >= 4 is 23.4 Å². The number of nitrogens with two attached hydrogens (primary N) is 1. The van der Waals surface area contributed by atoms with Crippen LogP contribution in [0.1, 0.15) is 5.56 Å². The number of anilines is 1. The number of hydrogen-bond donors (Lipinski definition) is 1. The van der Waals surface area contributed by atoms with Crippen LogP contribution in [-0.4, -0.2) is 6.54 Å². The molecule has 0 radical (unpaired) electrons. The number of rotatable bonds is 3. The second-order valence-electron chi connectivity index (χ2n) is 2.63. The summed E-state index contributed by atoms with van der Waals surface area (Å²) in [6, 6.07) is 5.25. The molecule has 0 bridgehead atoms. The standard InChI is InChI=1S/C9H9ClN4/c10-8-4-7(5-9(11)6-8)2-1-3-13-14-12/h1-2,4-6H,3,11H2. The molecule has 14 heavy (non-hydrogen) atoms. The lowest BCUT2D eigenvalue weighted by molar-refractivity contribution is 1.22. The van der Waals surface area contributed by atoms with Gasteiger partial charge in [0.25, 0.3) is 0 Å². The number of nitrogen functional groups attached to an aromatic ring is 1. The van der Waals surface area contributed by atoms with E-state index < -0.39 is 0 Å². The molecule has 0 atom stereocenters. The van der Waals surface area contributed by atoms with Crippen molar-refractivity contribution in [3.05, 3.63) is 45.3 Å². The van der Waals surface area contributed by atoms with Gasteiger partial charge in [-0.3, -0.25) is 0 Å². The fourth-order valence-electron chi connectivity index (χ4n) is 1.00. The van der Waals surface area contributed by atoms with Crippen LogP contribution in [0.3, 0.4) is 0 Å². The first-order valence-electron chi connectivity index (χ1n) is 3.96. The molecule has 4 nitrogen and oxygen atoms in total. The Morgan fingerprint density at radius 1 is 1.50 bits per heavy atom. The first kappa shape index (κ1) is 10.4. The average molecular weight is 209 g/mol. The van der Waals surface area contributed by atoms with Gasteiger partial charge in [0.05, 0.1) is 0 Å². The van der Waals surface area contributed by atoms with E-state index >= 15 is 0 Å². The quantitative estimate of drug-likeness (QED) is 0.352. The van der Waals surface area contributed by atoms with Gasteiger partial charge < -0.3 is 5.73 Å². The van der Waals surface area contributed by atoms with Crippen molar-refractivity contribution < 1.29 is 0 Å². The van der Waals surface area contributed by atoms with Crippen LogP contribution in [0.15, 0.2) is 29.4 Å². The van der Waals surface area contributed by atoms with Crippen LogP contribution in [0.25, 0.3) is 16.5 Å². The molecule has 1 aromatic rings. The van der Waals surface area contributed by atoms with E-state index in [1.165, 1.54) is 0 Å². The fourth-order valence-corrected chi connectivity index (χ4v) is 1.26. The highest BCUT2D eigenvalue weighted by atomic mass is 35.5. The van der Waals surface area contributed by atoms with E-state index in [4.69, 9.17) is 22.9 Å². The molecule has 0 fully saturated rings. The molecular formula is C9H9ClN4. The zero-order chi connectivity index (χ0) is 10.4. The van der Waals surface area contributed by atoms with Gasteiger partial charge in [-0.15, -0.1) is 0 Å². The predicted octanol–water partition coefficient (Wildman–Crippen LogP) is 3.25. The zero-order valence-corrected chi connectivity index (χ0v) is 8.15. The van der Waals surface area contributed by atoms with Crippen LogP contribution in [0.5, 0.6) is 0 Å². The summed E-state index contributed by atoms with van der Waals surface area (Å²) in [5, 5.41) is 3.95. The molecule has 2 N–H and O–H groups in total. The molecule has 0 amide bonds. The van der Waals surface area contributed by atoms with Crippen molar-refractivity contribution in [1.29, 1.82) is 0 Å². The van der Waals surface area contributed by atoms with Crippen molar-refractivity contribution in [3.8, 4) is 0 Å². The maximum absolute atomic E-state index is 8.04. The number of azide groups is 1. The minimum absolute atomic E-state index is 0.322. The molecule has 0 aliphatic carbocycles. The average Bonchev–Trinajstić information content (AvgIpc) is 2.11. The van der Waals surface area contributed by atoms with E-state index in [-0.39, 0.29) is 0 Å². The van der Waals surface area contributed by atoms with Crippen LogP contribution in [0.2, 0.25) is 5.02 Å². The van der Waals surface area contributed by atoms with Crippen molar-refractivity contribution in [2.45, 2.75) is 0 Å². The Labute approximate surface area is 86.6 Å². The maximum atomic E-state index is 8.04. The molecular weight excluding hydrogens is 200 g/mol. The molecule has 0 unspecified atom stereocenters. The predicted molar refractivity (Wildman–Crippen MR) is 58.9 cm³/mol. The van der Waals surface area contributed by atoms with E-state index in [2.05, 4.69) is 10.0 Å². The lowest BCUT2D eigenvalue weighted by Crippen LogP contribution is -1.85. The summed E-state index contributed by atoms with van der Waals surface area (Å²) in [6.07, 6.45) is 3.54. The summed E-state index contributed by atoms with van der Waals surface area (Å²) >= 11 is 5.79. The Morgan fingerprint density at radius 3 is 2.93 bits per heavy atom. The fraction of sp³-hybridized carbons (Fsp3) is 0.111. The van der Waals surface area contributed by atoms with Gasteiger partial charge in [0.1, 0.15) is 0 Å². The van der Waals surface area contributed by atoms with Crippen molar-refractivity contribution in [1.82, 2.24) is 0 Å². The Hall–Kier alpha value is -1.64. The van der Waals surface area contributed by atoms with Crippen molar-refractivity contribution in [2.24, 2.45) is 5.11 Å². The first-order chi connectivity index (χ1) is 6.72. The molecule has 0 saturated heterocycles. The number of hydrogen-bond acceptors (Lipinski definition) is 2. The van der Waals surface area contributed by atoms with Gasteiger partial charge in [0.2, 0.25) is 0 Å². The molecule has 0 spiro atoms. The smallest absolute Gasteiger partial charge is 0.0443 e. The van der Waals surface area contributed by atoms with Crippen molar-refractivity contribution in [3.63, 3.8) is 0 Å². The second kappa shape index (κ2) is 5.17. The molecule has 0 aromatic heterocycles. The first-order valence-corrected chi connectivity index (χ1v) is 4.33. The summed E-state index contributed by atoms with van der Waals surface area (Å²) in [5.41, 5.74) is 15.1. The normalized spacial score (nSPS) is 10.1. The molecule has 5 heteroatoms. The summed E-state index contributed by atoms with van der Waals surface area (Å²) in [6.45, 7) is 0.322. The summed E-state index contributed by atoms with van der Waals surface area (Å²) in [5.74, 6) is 0. The van der Waals surface area contributed by atoms with Gasteiger partial charge in [-0.2, -0.15) is 0 Å². The van der Waals surface area contributed by atoms with E-state index in [0.29, 0.717) is 17.3 Å². The zero-order valence-electron chi connectivity index (χ0n) is 7.39. The number of halogens is 1. The van der Waals surface area contributed by atoms with Crippen LogP contribution in [0.4, 0.5) is 5.69 Å². The van der Waals surface area contributed by atoms with Crippen molar-refractivity contribution in [2.75, 3.05) is 12.3 Å². The Kier molecular flexibility index (Phi) is 3.85. The maximum Gasteiger partial charge on any atom is 0.0443 e. The molecule has 0 aliphatic heterocycles. The lowest BCUT2D eigenvalue weighted by Gasteiger charge is -1.97. The van der Waals surface area contributed by atoms with Crippen LogP contribution in [-0.2, 0) is 0 Å². The summed E-state index contributed by atoms with van der Waals surface area (Å²) < 4.78 is 0. The van der Waals surface area contributed by atoms with E-state index in [1.807, 2.05) is 0 Å². The van der Waals surface area contributed by atoms with Crippen LogP contribution in [0, 0.1) is 0 Å². The molecule has 0 heterocycles. The van der Waals surface area contributed by atoms with E-state index in [0.717, 1.165) is 5.56 Å². The molecule has 0 aliphatic rings. The van der Waals surface area contributed by atoms with Gasteiger partial charge in [0, 0.05) is 22.2 Å². The Bertz CT molecular complexity index is 374. The van der Waals surface area contributed by atoms with E-state index in [9.17, 15) is 0 Å².